The lowest BCUT2D eigenvalue weighted by Gasteiger charge is -2.08. The van der Waals surface area contributed by atoms with E-state index in [-0.39, 0.29) is 13.0 Å². The Morgan fingerprint density at radius 3 is 2.61 bits per heavy atom. The molecule has 18 heavy (non-hydrogen) atoms. The molecule has 0 unspecified atom stereocenters. The highest BCUT2D eigenvalue weighted by molar-refractivity contribution is 5.29. The van der Waals surface area contributed by atoms with Crippen LogP contribution in [0.15, 0.2) is 6.07 Å². The van der Waals surface area contributed by atoms with Gasteiger partial charge in [-0.1, -0.05) is 13.3 Å². The Bertz CT molecular complexity index is 382. The number of hydrogen-bond donors (Lipinski definition) is 1. The zero-order chi connectivity index (χ0) is 13.6. The van der Waals surface area contributed by atoms with Gasteiger partial charge in [-0.3, -0.25) is 0 Å². The van der Waals surface area contributed by atoms with Gasteiger partial charge in [0.2, 0.25) is 0 Å². The SMILES string of the molecule is CCCc1cc(N)nc(CCOCC(F)(F)F)n1. The molecule has 0 atom stereocenters. The van der Waals surface area contributed by atoms with E-state index in [9.17, 15) is 13.2 Å². The van der Waals surface area contributed by atoms with Gasteiger partial charge in [-0.2, -0.15) is 13.2 Å². The van der Waals surface area contributed by atoms with Gasteiger partial charge in [-0.05, 0) is 6.42 Å². The Morgan fingerprint density at radius 2 is 2.00 bits per heavy atom. The first kappa shape index (κ1) is 14.7. The van der Waals surface area contributed by atoms with E-state index in [2.05, 4.69) is 14.7 Å². The van der Waals surface area contributed by atoms with E-state index in [0.717, 1.165) is 18.5 Å². The number of nitrogens with zero attached hydrogens (tertiary/aromatic N) is 2. The molecule has 0 aliphatic carbocycles. The minimum absolute atomic E-state index is 0.0749. The summed E-state index contributed by atoms with van der Waals surface area (Å²) >= 11 is 0. The van der Waals surface area contributed by atoms with Crippen LogP contribution in [-0.4, -0.2) is 29.4 Å². The van der Waals surface area contributed by atoms with Crippen LogP contribution in [0.5, 0.6) is 0 Å². The Kier molecular flexibility index (Phi) is 5.33. The van der Waals surface area contributed by atoms with Crippen molar-refractivity contribution < 1.29 is 17.9 Å². The highest BCUT2D eigenvalue weighted by Gasteiger charge is 2.27. The molecule has 1 rings (SSSR count). The first-order valence-electron chi connectivity index (χ1n) is 5.67. The lowest BCUT2D eigenvalue weighted by atomic mass is 10.2. The minimum Gasteiger partial charge on any atom is -0.384 e. The van der Waals surface area contributed by atoms with Crippen molar-refractivity contribution in [1.29, 1.82) is 0 Å². The van der Waals surface area contributed by atoms with Gasteiger partial charge in [0.25, 0.3) is 0 Å². The Hall–Kier alpha value is -1.37. The molecule has 0 fully saturated rings. The predicted octanol–water partition coefficient (Wildman–Crippen LogP) is 2.13. The topological polar surface area (TPSA) is 61.0 Å². The van der Waals surface area contributed by atoms with Gasteiger partial charge in [-0.15, -0.1) is 0 Å². The molecule has 4 nitrogen and oxygen atoms in total. The van der Waals surface area contributed by atoms with Crippen molar-refractivity contribution in [3.05, 3.63) is 17.6 Å². The highest BCUT2D eigenvalue weighted by Crippen LogP contribution is 2.14. The summed E-state index contributed by atoms with van der Waals surface area (Å²) in [5.41, 5.74) is 6.39. The highest BCUT2D eigenvalue weighted by atomic mass is 19.4. The molecule has 1 aromatic rings. The van der Waals surface area contributed by atoms with Crippen molar-refractivity contribution in [3.8, 4) is 0 Å². The standard InChI is InChI=1S/C11H16F3N3O/c1-2-3-8-6-9(15)17-10(16-8)4-5-18-7-11(12,13)14/h6H,2-5,7H2,1H3,(H2,15,16,17). The third-order valence-corrected chi connectivity index (χ3v) is 2.09. The van der Waals surface area contributed by atoms with Crippen LogP contribution in [0.1, 0.15) is 24.9 Å². The maximum atomic E-state index is 11.8. The van der Waals surface area contributed by atoms with Crippen LogP contribution < -0.4 is 5.73 Å². The van der Waals surface area contributed by atoms with E-state index >= 15 is 0 Å². The van der Waals surface area contributed by atoms with Crippen LogP contribution in [0.3, 0.4) is 0 Å². The van der Waals surface area contributed by atoms with E-state index in [0.29, 0.717) is 11.6 Å². The first-order valence-corrected chi connectivity index (χ1v) is 5.67. The number of nitrogen functional groups attached to an aromatic ring is 1. The van der Waals surface area contributed by atoms with Crippen molar-refractivity contribution in [2.45, 2.75) is 32.4 Å². The summed E-state index contributed by atoms with van der Waals surface area (Å²) in [6.07, 6.45) is -2.40. The molecule has 0 aliphatic heterocycles. The molecule has 0 aliphatic rings. The number of halogens is 3. The Balaban J connectivity index is 2.46. The van der Waals surface area contributed by atoms with Gasteiger partial charge < -0.3 is 10.5 Å². The average molecular weight is 263 g/mol. The smallest absolute Gasteiger partial charge is 0.384 e. The zero-order valence-corrected chi connectivity index (χ0v) is 10.1. The molecule has 102 valence electrons. The van der Waals surface area contributed by atoms with Gasteiger partial charge in [0.15, 0.2) is 0 Å². The third-order valence-electron chi connectivity index (χ3n) is 2.09. The van der Waals surface area contributed by atoms with Crippen LogP contribution in [0, 0.1) is 0 Å². The molecular weight excluding hydrogens is 247 g/mol. The number of rotatable bonds is 6. The van der Waals surface area contributed by atoms with Crippen molar-refractivity contribution in [2.24, 2.45) is 0 Å². The normalized spacial score (nSPS) is 11.8. The first-order chi connectivity index (χ1) is 8.40. The lowest BCUT2D eigenvalue weighted by molar-refractivity contribution is -0.173. The molecule has 0 saturated heterocycles. The van der Waals surface area contributed by atoms with Gasteiger partial charge in [0, 0.05) is 18.2 Å². The molecule has 7 heteroatoms. The third kappa shape index (κ3) is 5.81. The van der Waals surface area contributed by atoms with Gasteiger partial charge in [0.1, 0.15) is 18.2 Å². The Morgan fingerprint density at radius 1 is 1.28 bits per heavy atom. The summed E-state index contributed by atoms with van der Waals surface area (Å²) in [7, 11) is 0. The Labute approximate surface area is 103 Å². The average Bonchev–Trinajstić information content (AvgIpc) is 2.23. The maximum absolute atomic E-state index is 11.8. The minimum atomic E-state index is -4.30. The predicted molar refractivity (Wildman–Crippen MR) is 61.0 cm³/mol. The van der Waals surface area contributed by atoms with E-state index in [1.807, 2.05) is 6.92 Å². The van der Waals surface area contributed by atoms with Crippen LogP contribution in [0.25, 0.3) is 0 Å². The number of aryl methyl sites for hydroxylation is 1. The van der Waals surface area contributed by atoms with Crippen LogP contribution in [-0.2, 0) is 17.6 Å². The zero-order valence-electron chi connectivity index (χ0n) is 10.1. The van der Waals surface area contributed by atoms with E-state index in [1.54, 1.807) is 6.07 Å². The van der Waals surface area contributed by atoms with Gasteiger partial charge in [-0.25, -0.2) is 9.97 Å². The molecule has 0 saturated carbocycles. The number of alkyl halides is 3. The second kappa shape index (κ2) is 6.53. The molecule has 0 amide bonds. The summed E-state index contributed by atoms with van der Waals surface area (Å²) < 4.78 is 40.0. The van der Waals surface area contributed by atoms with Gasteiger partial charge >= 0.3 is 6.18 Å². The molecule has 0 bridgehead atoms. The van der Waals surface area contributed by atoms with E-state index < -0.39 is 12.8 Å². The summed E-state index contributed by atoms with van der Waals surface area (Å²) in [6, 6.07) is 1.67. The second-order valence-corrected chi connectivity index (χ2v) is 3.87. The van der Waals surface area contributed by atoms with Gasteiger partial charge in [0.05, 0.1) is 6.61 Å². The lowest BCUT2D eigenvalue weighted by Crippen LogP contribution is -2.18. The van der Waals surface area contributed by atoms with E-state index in [1.165, 1.54) is 0 Å². The fourth-order valence-corrected chi connectivity index (χ4v) is 1.42. The summed E-state index contributed by atoms with van der Waals surface area (Å²) in [5.74, 6) is 0.750. The fraction of sp³-hybridized carbons (Fsp3) is 0.636. The molecule has 1 heterocycles. The van der Waals surface area contributed by atoms with Crippen LogP contribution in [0.4, 0.5) is 19.0 Å². The quantitative estimate of drug-likeness (QED) is 0.799. The van der Waals surface area contributed by atoms with Crippen molar-refractivity contribution in [3.63, 3.8) is 0 Å². The molecule has 1 aromatic heterocycles. The maximum Gasteiger partial charge on any atom is 0.411 e. The van der Waals surface area contributed by atoms with Crippen molar-refractivity contribution in [1.82, 2.24) is 9.97 Å². The molecular formula is C11H16F3N3O. The number of nitrogens with two attached hydrogens (primary N) is 1. The molecule has 0 aromatic carbocycles. The van der Waals surface area contributed by atoms with E-state index in [4.69, 9.17) is 5.73 Å². The second-order valence-electron chi connectivity index (χ2n) is 3.87. The van der Waals surface area contributed by atoms with Crippen LogP contribution >= 0.6 is 0 Å². The van der Waals surface area contributed by atoms with Crippen LogP contribution in [0.2, 0.25) is 0 Å². The summed E-state index contributed by atoms with van der Waals surface area (Å²) in [5, 5.41) is 0. The number of ether oxygens (including phenoxy) is 1. The fourth-order valence-electron chi connectivity index (χ4n) is 1.42. The number of aromatic nitrogens is 2. The van der Waals surface area contributed by atoms with Crippen molar-refractivity contribution >= 4 is 5.82 Å². The molecule has 0 radical (unpaired) electrons. The largest absolute Gasteiger partial charge is 0.411 e. The molecule has 0 spiro atoms. The number of anilines is 1. The molecule has 2 N–H and O–H groups in total. The monoisotopic (exact) mass is 263 g/mol. The summed E-state index contributed by atoms with van der Waals surface area (Å²) in [6.45, 7) is 0.677. The van der Waals surface area contributed by atoms with Crippen molar-refractivity contribution in [2.75, 3.05) is 18.9 Å². The summed E-state index contributed by atoms with van der Waals surface area (Å²) in [4.78, 5) is 8.16. The number of hydrogen-bond acceptors (Lipinski definition) is 4.